The van der Waals surface area contributed by atoms with Crippen LogP contribution in [0.1, 0.15) is 11.1 Å². The van der Waals surface area contributed by atoms with Crippen LogP contribution in [0, 0.1) is 12.7 Å². The number of hydrogen-bond donors (Lipinski definition) is 1. The highest BCUT2D eigenvalue weighted by Crippen LogP contribution is 2.27. The second-order valence-electron chi connectivity index (χ2n) is 4.70. The van der Waals surface area contributed by atoms with E-state index < -0.39 is 0 Å². The maximum absolute atomic E-state index is 13.3. The van der Waals surface area contributed by atoms with Crippen LogP contribution in [0.15, 0.2) is 42.5 Å². The second kappa shape index (κ2) is 5.85. The molecule has 0 fully saturated rings. The molecule has 3 heteroatoms. The van der Waals surface area contributed by atoms with Crippen LogP contribution in [0.4, 0.5) is 15.8 Å². The van der Waals surface area contributed by atoms with Gasteiger partial charge in [0.15, 0.2) is 0 Å². The lowest BCUT2D eigenvalue weighted by molar-refractivity contribution is 0.624. The van der Waals surface area contributed by atoms with Crippen LogP contribution in [0.3, 0.4) is 0 Å². The summed E-state index contributed by atoms with van der Waals surface area (Å²) in [5, 5.41) is 3.07. The van der Waals surface area contributed by atoms with Gasteiger partial charge in [0, 0.05) is 25.0 Å². The van der Waals surface area contributed by atoms with Gasteiger partial charge in [-0.15, -0.1) is 0 Å². The SMILES string of the molecule is CNCc1cc(F)ccc1N(C)c1ccc(C)cc1. The molecule has 19 heavy (non-hydrogen) atoms. The summed E-state index contributed by atoms with van der Waals surface area (Å²) in [5.41, 5.74) is 4.28. The highest BCUT2D eigenvalue weighted by atomic mass is 19.1. The predicted molar refractivity (Wildman–Crippen MR) is 78.4 cm³/mol. The molecule has 0 bridgehead atoms. The fourth-order valence-corrected chi connectivity index (χ4v) is 2.12. The summed E-state index contributed by atoms with van der Waals surface area (Å²) in [6.45, 7) is 2.71. The van der Waals surface area contributed by atoms with Crippen molar-refractivity contribution in [2.45, 2.75) is 13.5 Å². The summed E-state index contributed by atoms with van der Waals surface area (Å²) < 4.78 is 13.3. The molecule has 0 aliphatic heterocycles. The van der Waals surface area contributed by atoms with Crippen LogP contribution in [0.2, 0.25) is 0 Å². The minimum atomic E-state index is -0.202. The second-order valence-corrected chi connectivity index (χ2v) is 4.70. The third kappa shape index (κ3) is 3.12. The zero-order chi connectivity index (χ0) is 13.8. The van der Waals surface area contributed by atoms with E-state index in [1.807, 2.05) is 20.2 Å². The van der Waals surface area contributed by atoms with E-state index >= 15 is 0 Å². The molecule has 0 saturated heterocycles. The van der Waals surface area contributed by atoms with E-state index in [0.29, 0.717) is 6.54 Å². The summed E-state index contributed by atoms with van der Waals surface area (Å²) in [7, 11) is 3.86. The smallest absolute Gasteiger partial charge is 0.123 e. The third-order valence-corrected chi connectivity index (χ3v) is 3.19. The van der Waals surface area contributed by atoms with Gasteiger partial charge in [0.05, 0.1) is 0 Å². The van der Waals surface area contributed by atoms with Crippen LogP contribution in [0.5, 0.6) is 0 Å². The molecule has 0 aromatic heterocycles. The monoisotopic (exact) mass is 258 g/mol. The van der Waals surface area contributed by atoms with E-state index in [1.165, 1.54) is 11.6 Å². The maximum atomic E-state index is 13.3. The first-order valence-corrected chi connectivity index (χ1v) is 6.35. The van der Waals surface area contributed by atoms with Gasteiger partial charge in [-0.3, -0.25) is 0 Å². The quantitative estimate of drug-likeness (QED) is 0.901. The minimum Gasteiger partial charge on any atom is -0.344 e. The predicted octanol–water partition coefficient (Wildman–Crippen LogP) is 3.62. The molecule has 2 nitrogen and oxygen atoms in total. The van der Waals surface area contributed by atoms with Crippen LogP contribution in [0.25, 0.3) is 0 Å². The van der Waals surface area contributed by atoms with Crippen molar-refractivity contribution >= 4 is 11.4 Å². The lowest BCUT2D eigenvalue weighted by Crippen LogP contribution is -2.15. The van der Waals surface area contributed by atoms with Gasteiger partial charge >= 0.3 is 0 Å². The Morgan fingerprint density at radius 3 is 2.42 bits per heavy atom. The van der Waals surface area contributed by atoms with E-state index in [0.717, 1.165) is 16.9 Å². The van der Waals surface area contributed by atoms with Gasteiger partial charge in [0.25, 0.3) is 0 Å². The van der Waals surface area contributed by atoms with E-state index in [9.17, 15) is 4.39 Å². The average molecular weight is 258 g/mol. The molecule has 100 valence electrons. The maximum Gasteiger partial charge on any atom is 0.123 e. The highest BCUT2D eigenvalue weighted by Gasteiger charge is 2.09. The van der Waals surface area contributed by atoms with Crippen molar-refractivity contribution in [3.63, 3.8) is 0 Å². The van der Waals surface area contributed by atoms with Gasteiger partial charge in [-0.05, 0) is 49.9 Å². The van der Waals surface area contributed by atoms with Crippen molar-refractivity contribution < 1.29 is 4.39 Å². The van der Waals surface area contributed by atoms with Crippen LogP contribution < -0.4 is 10.2 Å². The molecule has 0 radical (unpaired) electrons. The van der Waals surface area contributed by atoms with Crippen molar-refractivity contribution in [3.05, 3.63) is 59.4 Å². The summed E-state index contributed by atoms with van der Waals surface area (Å²) in [6.07, 6.45) is 0. The number of anilines is 2. The zero-order valence-electron chi connectivity index (χ0n) is 11.6. The number of hydrogen-bond acceptors (Lipinski definition) is 2. The minimum absolute atomic E-state index is 0.202. The standard InChI is InChI=1S/C16H19FN2/c1-12-4-7-15(8-5-12)19(3)16-9-6-14(17)10-13(16)11-18-2/h4-10,18H,11H2,1-3H3. The van der Waals surface area contributed by atoms with E-state index in [2.05, 4.69) is 41.4 Å². The van der Waals surface area contributed by atoms with Gasteiger partial charge in [-0.2, -0.15) is 0 Å². The van der Waals surface area contributed by atoms with Crippen molar-refractivity contribution in [2.75, 3.05) is 19.0 Å². The lowest BCUT2D eigenvalue weighted by Gasteiger charge is -2.23. The number of rotatable bonds is 4. The Hall–Kier alpha value is -1.87. The summed E-state index contributed by atoms with van der Waals surface area (Å²) in [5.74, 6) is -0.202. The number of benzene rings is 2. The molecule has 2 rings (SSSR count). The molecule has 0 heterocycles. The molecule has 1 N–H and O–H groups in total. The first-order valence-electron chi connectivity index (χ1n) is 6.35. The Morgan fingerprint density at radius 2 is 1.79 bits per heavy atom. The van der Waals surface area contributed by atoms with Crippen molar-refractivity contribution in [1.82, 2.24) is 5.32 Å². The lowest BCUT2D eigenvalue weighted by atomic mass is 10.1. The van der Waals surface area contributed by atoms with E-state index in [-0.39, 0.29) is 5.82 Å². The Morgan fingerprint density at radius 1 is 1.11 bits per heavy atom. The Kier molecular flexibility index (Phi) is 4.17. The summed E-state index contributed by atoms with van der Waals surface area (Å²) in [4.78, 5) is 2.07. The third-order valence-electron chi connectivity index (χ3n) is 3.19. The highest BCUT2D eigenvalue weighted by molar-refractivity contribution is 5.66. The first-order chi connectivity index (χ1) is 9.11. The topological polar surface area (TPSA) is 15.3 Å². The van der Waals surface area contributed by atoms with Gasteiger partial charge in [-0.1, -0.05) is 17.7 Å². The Bertz CT molecular complexity index is 549. The van der Waals surface area contributed by atoms with Gasteiger partial charge < -0.3 is 10.2 Å². The summed E-state index contributed by atoms with van der Waals surface area (Å²) in [6, 6.07) is 13.2. The normalized spacial score (nSPS) is 10.5. The molecule has 2 aromatic carbocycles. The molecule has 0 aliphatic rings. The van der Waals surface area contributed by atoms with Crippen molar-refractivity contribution in [3.8, 4) is 0 Å². The number of aryl methyl sites for hydroxylation is 1. The molecule has 0 aliphatic carbocycles. The Labute approximate surface area is 113 Å². The van der Waals surface area contributed by atoms with Crippen LogP contribution >= 0.6 is 0 Å². The molecule has 0 atom stereocenters. The Balaban J connectivity index is 2.37. The zero-order valence-corrected chi connectivity index (χ0v) is 11.6. The molecular formula is C16H19FN2. The fraction of sp³-hybridized carbons (Fsp3) is 0.250. The van der Waals surface area contributed by atoms with Crippen LogP contribution in [-0.2, 0) is 6.54 Å². The van der Waals surface area contributed by atoms with E-state index in [4.69, 9.17) is 0 Å². The van der Waals surface area contributed by atoms with Gasteiger partial charge in [0.2, 0.25) is 0 Å². The van der Waals surface area contributed by atoms with Gasteiger partial charge in [-0.25, -0.2) is 4.39 Å². The number of nitrogens with zero attached hydrogens (tertiary/aromatic N) is 1. The fourth-order valence-electron chi connectivity index (χ4n) is 2.12. The van der Waals surface area contributed by atoms with E-state index in [1.54, 1.807) is 6.07 Å². The number of halogens is 1. The summed E-state index contributed by atoms with van der Waals surface area (Å²) >= 11 is 0. The molecular weight excluding hydrogens is 239 g/mol. The molecule has 0 spiro atoms. The molecule has 0 unspecified atom stereocenters. The largest absolute Gasteiger partial charge is 0.344 e. The molecule has 0 amide bonds. The number of nitrogens with one attached hydrogen (secondary N) is 1. The molecule has 0 saturated carbocycles. The van der Waals surface area contributed by atoms with Crippen molar-refractivity contribution in [2.24, 2.45) is 0 Å². The molecule has 2 aromatic rings. The van der Waals surface area contributed by atoms with Gasteiger partial charge in [0.1, 0.15) is 5.82 Å². The van der Waals surface area contributed by atoms with Crippen molar-refractivity contribution in [1.29, 1.82) is 0 Å². The average Bonchev–Trinajstić information content (AvgIpc) is 2.39. The van der Waals surface area contributed by atoms with Crippen LogP contribution in [-0.4, -0.2) is 14.1 Å². The first kappa shape index (κ1) is 13.6.